The monoisotopic (exact) mass is 378 g/mol. The summed E-state index contributed by atoms with van der Waals surface area (Å²) in [6.07, 6.45) is 0. The van der Waals surface area contributed by atoms with Gasteiger partial charge in [-0.25, -0.2) is 0 Å². The van der Waals surface area contributed by atoms with E-state index in [4.69, 9.17) is 0 Å². The minimum Gasteiger partial charge on any atom is -0.0622 e. The van der Waals surface area contributed by atoms with E-state index < -0.39 is 0 Å². The average molecular weight is 378 g/mol. The molecule has 0 saturated heterocycles. The van der Waals surface area contributed by atoms with Gasteiger partial charge in [0.25, 0.3) is 0 Å². The third-order valence-electron chi connectivity index (χ3n) is 6.56. The van der Waals surface area contributed by atoms with Gasteiger partial charge in [0.15, 0.2) is 0 Å². The third kappa shape index (κ3) is 2.00. The number of hydrogen-bond donors (Lipinski definition) is 0. The van der Waals surface area contributed by atoms with E-state index in [9.17, 15) is 0 Å². The molecular formula is C30H18. The zero-order chi connectivity index (χ0) is 19.7. The minimum absolute atomic E-state index is 1.29. The molecule has 0 bridgehead atoms. The molecule has 0 spiro atoms. The number of hydrogen-bond acceptors (Lipinski definition) is 0. The molecule has 7 rings (SSSR count). The van der Waals surface area contributed by atoms with Crippen LogP contribution in [0.15, 0.2) is 109 Å². The van der Waals surface area contributed by atoms with Crippen LogP contribution in [0.5, 0.6) is 0 Å². The molecule has 0 heteroatoms. The maximum absolute atomic E-state index is 2.38. The second kappa shape index (κ2) is 5.81. The molecule has 0 N–H and O–H groups in total. The fourth-order valence-corrected chi connectivity index (χ4v) is 5.33. The van der Waals surface area contributed by atoms with Crippen molar-refractivity contribution >= 4 is 64.6 Å². The Morgan fingerprint density at radius 2 is 0.700 bits per heavy atom. The first-order valence-corrected chi connectivity index (χ1v) is 10.5. The van der Waals surface area contributed by atoms with Gasteiger partial charge in [-0.05, 0) is 76.8 Å². The zero-order valence-electron chi connectivity index (χ0n) is 16.4. The molecule has 0 aliphatic carbocycles. The van der Waals surface area contributed by atoms with Gasteiger partial charge >= 0.3 is 0 Å². The summed E-state index contributed by atoms with van der Waals surface area (Å²) >= 11 is 0. The van der Waals surface area contributed by atoms with Crippen LogP contribution in [0, 0.1) is 0 Å². The first-order chi connectivity index (χ1) is 14.9. The molecular weight excluding hydrogens is 360 g/mol. The van der Waals surface area contributed by atoms with E-state index in [2.05, 4.69) is 109 Å². The van der Waals surface area contributed by atoms with Crippen LogP contribution in [-0.2, 0) is 0 Å². The molecule has 0 saturated carbocycles. The number of fused-ring (bicyclic) bond motifs is 9. The van der Waals surface area contributed by atoms with Crippen molar-refractivity contribution in [3.8, 4) is 0 Å². The van der Waals surface area contributed by atoms with E-state index in [1.165, 1.54) is 64.6 Å². The Morgan fingerprint density at radius 1 is 0.267 bits per heavy atom. The molecule has 0 nitrogen and oxygen atoms in total. The Bertz CT molecular complexity index is 1660. The molecule has 0 aliphatic heterocycles. The average Bonchev–Trinajstić information content (AvgIpc) is 3.02. The van der Waals surface area contributed by atoms with Crippen LogP contribution in [-0.4, -0.2) is 0 Å². The van der Waals surface area contributed by atoms with Crippen molar-refractivity contribution in [2.24, 2.45) is 0 Å². The van der Waals surface area contributed by atoms with Gasteiger partial charge in [0.1, 0.15) is 0 Å². The molecule has 0 aromatic heterocycles. The van der Waals surface area contributed by atoms with Crippen LogP contribution >= 0.6 is 0 Å². The van der Waals surface area contributed by atoms with E-state index in [0.717, 1.165) is 0 Å². The molecule has 0 radical (unpaired) electrons. The number of benzene rings is 2. The largest absolute Gasteiger partial charge is 0.0622 e. The van der Waals surface area contributed by atoms with Crippen molar-refractivity contribution < 1.29 is 0 Å². The number of rotatable bonds is 0. The zero-order valence-corrected chi connectivity index (χ0v) is 16.4. The highest BCUT2D eigenvalue weighted by Crippen LogP contribution is 2.44. The molecule has 0 fully saturated rings. The Kier molecular flexibility index (Phi) is 3.09. The van der Waals surface area contributed by atoms with Gasteiger partial charge in [0, 0.05) is 0 Å². The Hall–Kier alpha value is -3.90. The van der Waals surface area contributed by atoms with Crippen molar-refractivity contribution in [1.82, 2.24) is 0 Å². The molecule has 0 heterocycles. The summed E-state index contributed by atoms with van der Waals surface area (Å²) in [5.41, 5.74) is 0. The molecule has 0 aliphatic rings. The SMILES string of the molecule is c1ccc2cc3c4cccc5cccc(c6cc7cccccc7c6c3c2cc1)c54. The summed E-state index contributed by atoms with van der Waals surface area (Å²) in [5, 5.41) is 16.0. The van der Waals surface area contributed by atoms with Crippen LogP contribution in [0.3, 0.4) is 0 Å². The van der Waals surface area contributed by atoms with Crippen LogP contribution in [0.4, 0.5) is 0 Å². The summed E-state index contributed by atoms with van der Waals surface area (Å²) in [6, 6.07) is 40.0. The highest BCUT2D eigenvalue weighted by Gasteiger charge is 2.16. The van der Waals surface area contributed by atoms with Crippen molar-refractivity contribution in [2.75, 3.05) is 0 Å². The van der Waals surface area contributed by atoms with Gasteiger partial charge in [-0.1, -0.05) is 97.1 Å². The Morgan fingerprint density at radius 3 is 1.23 bits per heavy atom. The maximum atomic E-state index is 2.38. The molecule has 138 valence electrons. The first-order valence-electron chi connectivity index (χ1n) is 10.5. The molecule has 7 aromatic carbocycles. The first kappa shape index (κ1) is 16.0. The quantitative estimate of drug-likeness (QED) is 0.248. The summed E-state index contributed by atoms with van der Waals surface area (Å²) in [6.45, 7) is 0. The van der Waals surface area contributed by atoms with Crippen molar-refractivity contribution in [2.45, 2.75) is 0 Å². The van der Waals surface area contributed by atoms with Crippen LogP contribution < -0.4 is 0 Å². The van der Waals surface area contributed by atoms with E-state index >= 15 is 0 Å². The molecule has 0 unspecified atom stereocenters. The summed E-state index contributed by atoms with van der Waals surface area (Å²) < 4.78 is 0. The summed E-state index contributed by atoms with van der Waals surface area (Å²) in [7, 11) is 0. The minimum atomic E-state index is 1.29. The summed E-state index contributed by atoms with van der Waals surface area (Å²) in [5.74, 6) is 0. The Balaban J connectivity index is 1.99. The predicted octanol–water partition coefficient (Wildman–Crippen LogP) is 8.61. The van der Waals surface area contributed by atoms with E-state index in [0.29, 0.717) is 0 Å². The Labute approximate surface area is 174 Å². The molecule has 7 aromatic rings. The molecule has 0 amide bonds. The summed E-state index contributed by atoms with van der Waals surface area (Å²) in [4.78, 5) is 0. The predicted molar refractivity (Wildman–Crippen MR) is 131 cm³/mol. The van der Waals surface area contributed by atoms with Crippen molar-refractivity contribution in [3.63, 3.8) is 0 Å². The fourth-order valence-electron chi connectivity index (χ4n) is 5.33. The molecule has 0 atom stereocenters. The fraction of sp³-hybridized carbons (Fsp3) is 0. The van der Waals surface area contributed by atoms with Crippen LogP contribution in [0.25, 0.3) is 64.6 Å². The van der Waals surface area contributed by atoms with E-state index in [-0.39, 0.29) is 0 Å². The van der Waals surface area contributed by atoms with E-state index in [1.54, 1.807) is 0 Å². The topological polar surface area (TPSA) is 0 Å². The lowest BCUT2D eigenvalue weighted by atomic mass is 10.0. The van der Waals surface area contributed by atoms with Crippen molar-refractivity contribution in [1.29, 1.82) is 0 Å². The molecule has 30 heavy (non-hydrogen) atoms. The van der Waals surface area contributed by atoms with E-state index in [1.807, 2.05) is 0 Å². The second-order valence-electron chi connectivity index (χ2n) is 8.13. The standard InChI is InChI=1S/C30H18/c1-3-9-20-17-26-24-15-7-11-19-12-8-16-25(28(19)24)27-18-21-10-4-2-6-14-23(21)30(27)29(26)22(20)13-5-1/h1-18H. The van der Waals surface area contributed by atoms with Gasteiger partial charge in [-0.2, -0.15) is 0 Å². The van der Waals surface area contributed by atoms with Crippen LogP contribution in [0.2, 0.25) is 0 Å². The maximum Gasteiger partial charge on any atom is -0.00139 e. The van der Waals surface area contributed by atoms with Gasteiger partial charge in [0.05, 0.1) is 0 Å². The lowest BCUT2D eigenvalue weighted by molar-refractivity contribution is 1.83. The lowest BCUT2D eigenvalue weighted by Crippen LogP contribution is -1.75. The van der Waals surface area contributed by atoms with Gasteiger partial charge in [0.2, 0.25) is 0 Å². The third-order valence-corrected chi connectivity index (χ3v) is 6.56. The lowest BCUT2D eigenvalue weighted by Gasteiger charge is -2.02. The van der Waals surface area contributed by atoms with Gasteiger partial charge < -0.3 is 0 Å². The highest BCUT2D eigenvalue weighted by molar-refractivity contribution is 6.39. The smallest absolute Gasteiger partial charge is 0.00139 e. The van der Waals surface area contributed by atoms with Crippen LogP contribution in [0.1, 0.15) is 0 Å². The highest BCUT2D eigenvalue weighted by atomic mass is 14.2. The second-order valence-corrected chi connectivity index (χ2v) is 8.13. The van der Waals surface area contributed by atoms with Gasteiger partial charge in [-0.3, -0.25) is 0 Å². The normalized spacial score (nSPS) is 12.0. The van der Waals surface area contributed by atoms with Crippen molar-refractivity contribution in [3.05, 3.63) is 109 Å². The van der Waals surface area contributed by atoms with Gasteiger partial charge in [-0.15, -0.1) is 0 Å².